The fourth-order valence-electron chi connectivity index (χ4n) is 1.11. The van der Waals surface area contributed by atoms with Crippen molar-refractivity contribution in [1.29, 1.82) is 0 Å². The lowest BCUT2D eigenvalue weighted by Crippen LogP contribution is -1.99. The molecule has 0 heterocycles. The van der Waals surface area contributed by atoms with Crippen molar-refractivity contribution in [3.8, 4) is 0 Å². The van der Waals surface area contributed by atoms with Crippen molar-refractivity contribution in [2.75, 3.05) is 6.26 Å². The molecule has 0 unspecified atom stereocenters. The van der Waals surface area contributed by atoms with Crippen molar-refractivity contribution in [3.05, 3.63) is 27.3 Å². The summed E-state index contributed by atoms with van der Waals surface area (Å²) in [5.74, 6) is -0.740. The largest absolute Gasteiger partial charge is 0.481 e. The summed E-state index contributed by atoms with van der Waals surface area (Å²) in [6.07, 6.45) is 2.83. The number of carbonyl (C=O) groups is 1. The van der Waals surface area contributed by atoms with Crippen LogP contribution in [0.4, 0.5) is 0 Å². The van der Waals surface area contributed by atoms with Gasteiger partial charge < -0.3 is 5.11 Å². The van der Waals surface area contributed by atoms with E-state index in [2.05, 4.69) is 34.7 Å². The van der Waals surface area contributed by atoms with Gasteiger partial charge in [-0.3, -0.25) is 4.79 Å². The van der Waals surface area contributed by atoms with Crippen LogP contribution in [0, 0.1) is 3.57 Å². The molecule has 1 N–H and O–H groups in total. The highest BCUT2D eigenvalue weighted by molar-refractivity contribution is 14.1. The first-order valence-corrected chi connectivity index (χ1v) is 6.48. The Hall–Kier alpha value is -0.230. The Morgan fingerprint density at radius 3 is 2.86 bits per heavy atom. The molecule has 0 aliphatic carbocycles. The van der Waals surface area contributed by atoms with Crippen LogP contribution < -0.4 is 0 Å². The number of thioether (sulfide) groups is 1. The van der Waals surface area contributed by atoms with Crippen molar-refractivity contribution in [2.45, 2.75) is 17.7 Å². The Labute approximate surface area is 101 Å². The van der Waals surface area contributed by atoms with Gasteiger partial charge in [-0.15, -0.1) is 11.8 Å². The molecule has 1 aromatic rings. The van der Waals surface area contributed by atoms with Crippen molar-refractivity contribution in [2.24, 2.45) is 0 Å². The third-order valence-electron chi connectivity index (χ3n) is 1.86. The zero-order valence-corrected chi connectivity index (χ0v) is 10.8. The van der Waals surface area contributed by atoms with Gasteiger partial charge in [0.15, 0.2) is 0 Å². The monoisotopic (exact) mass is 322 g/mol. The van der Waals surface area contributed by atoms with Crippen LogP contribution >= 0.6 is 34.4 Å². The lowest BCUT2D eigenvalue weighted by atomic mass is 10.1. The van der Waals surface area contributed by atoms with Gasteiger partial charge in [0.1, 0.15) is 0 Å². The maximum atomic E-state index is 10.4. The normalized spacial score (nSPS) is 10.1. The quantitative estimate of drug-likeness (QED) is 0.684. The molecule has 0 saturated carbocycles. The average molecular weight is 322 g/mol. The smallest absolute Gasteiger partial charge is 0.303 e. The zero-order chi connectivity index (χ0) is 10.6. The Balaban J connectivity index is 2.78. The topological polar surface area (TPSA) is 37.3 Å². The van der Waals surface area contributed by atoms with E-state index in [1.807, 2.05) is 12.3 Å². The molecule has 0 atom stereocenters. The van der Waals surface area contributed by atoms with Crippen LogP contribution in [0.2, 0.25) is 0 Å². The molecular formula is C10H11IO2S. The summed E-state index contributed by atoms with van der Waals surface area (Å²) in [4.78, 5) is 11.6. The van der Waals surface area contributed by atoms with E-state index in [0.717, 1.165) is 9.13 Å². The van der Waals surface area contributed by atoms with E-state index in [9.17, 15) is 4.79 Å². The number of benzene rings is 1. The molecule has 0 aromatic heterocycles. The van der Waals surface area contributed by atoms with Gasteiger partial charge in [0.05, 0.1) is 0 Å². The summed E-state index contributed by atoms with van der Waals surface area (Å²) in [5.41, 5.74) is 1.12. The van der Waals surface area contributed by atoms with Crippen LogP contribution in [-0.4, -0.2) is 17.3 Å². The number of hydrogen-bond donors (Lipinski definition) is 1. The molecule has 0 fully saturated rings. The second kappa shape index (κ2) is 5.60. The summed E-state index contributed by atoms with van der Waals surface area (Å²) in [5, 5.41) is 8.58. The Kier molecular flexibility index (Phi) is 4.74. The van der Waals surface area contributed by atoms with Crippen molar-refractivity contribution < 1.29 is 9.90 Å². The number of rotatable bonds is 4. The SMILES string of the molecule is CSc1ccc(I)c(CCC(=O)O)c1. The van der Waals surface area contributed by atoms with Gasteiger partial charge in [-0.2, -0.15) is 0 Å². The van der Waals surface area contributed by atoms with Gasteiger partial charge in [0.2, 0.25) is 0 Å². The predicted octanol–water partition coefficient (Wildman–Crippen LogP) is 3.03. The maximum absolute atomic E-state index is 10.4. The summed E-state index contributed by atoms with van der Waals surface area (Å²) in [6.45, 7) is 0. The highest BCUT2D eigenvalue weighted by Gasteiger charge is 2.04. The number of carboxylic acid groups (broad SMARTS) is 1. The van der Waals surface area contributed by atoms with Crippen LogP contribution in [0.3, 0.4) is 0 Å². The zero-order valence-electron chi connectivity index (χ0n) is 7.79. The van der Waals surface area contributed by atoms with Gasteiger partial charge in [0, 0.05) is 14.9 Å². The van der Waals surface area contributed by atoms with Crippen LogP contribution in [-0.2, 0) is 11.2 Å². The number of halogens is 1. The van der Waals surface area contributed by atoms with E-state index in [1.165, 1.54) is 4.90 Å². The molecule has 4 heteroatoms. The Morgan fingerprint density at radius 1 is 1.57 bits per heavy atom. The van der Waals surface area contributed by atoms with Crippen LogP contribution in [0.25, 0.3) is 0 Å². The molecule has 14 heavy (non-hydrogen) atoms. The first-order valence-electron chi connectivity index (χ1n) is 4.17. The van der Waals surface area contributed by atoms with Gasteiger partial charge in [-0.25, -0.2) is 0 Å². The number of aryl methyl sites for hydroxylation is 1. The van der Waals surface area contributed by atoms with E-state index in [-0.39, 0.29) is 6.42 Å². The first kappa shape index (κ1) is 11.8. The van der Waals surface area contributed by atoms with Gasteiger partial charge in [-0.1, -0.05) is 0 Å². The minimum Gasteiger partial charge on any atom is -0.481 e. The molecule has 0 aliphatic rings. The van der Waals surface area contributed by atoms with Gasteiger partial charge >= 0.3 is 5.97 Å². The fraction of sp³-hybridized carbons (Fsp3) is 0.300. The molecule has 1 aromatic carbocycles. The molecule has 0 amide bonds. The van der Waals surface area contributed by atoms with Gasteiger partial charge in [0.25, 0.3) is 0 Å². The molecular weight excluding hydrogens is 311 g/mol. The second-order valence-corrected chi connectivity index (χ2v) is 4.89. The molecule has 0 spiro atoms. The highest BCUT2D eigenvalue weighted by atomic mass is 127. The second-order valence-electron chi connectivity index (χ2n) is 2.85. The average Bonchev–Trinajstić information content (AvgIpc) is 2.16. The summed E-state index contributed by atoms with van der Waals surface area (Å²) < 4.78 is 1.14. The molecule has 0 aliphatic heterocycles. The summed E-state index contributed by atoms with van der Waals surface area (Å²) in [6, 6.07) is 6.15. The molecule has 0 bridgehead atoms. The van der Waals surface area contributed by atoms with Crippen molar-refractivity contribution in [3.63, 3.8) is 0 Å². The third kappa shape index (κ3) is 3.49. The van der Waals surface area contributed by atoms with E-state index in [0.29, 0.717) is 6.42 Å². The fourth-order valence-corrected chi connectivity index (χ4v) is 2.18. The number of hydrogen-bond acceptors (Lipinski definition) is 2. The minimum atomic E-state index is -0.740. The molecule has 0 saturated heterocycles. The number of aliphatic carboxylic acids is 1. The third-order valence-corrected chi connectivity index (χ3v) is 3.64. The highest BCUT2D eigenvalue weighted by Crippen LogP contribution is 2.21. The predicted molar refractivity (Wildman–Crippen MR) is 66.9 cm³/mol. The molecule has 2 nitrogen and oxygen atoms in total. The van der Waals surface area contributed by atoms with Crippen LogP contribution in [0.1, 0.15) is 12.0 Å². The van der Waals surface area contributed by atoms with Crippen molar-refractivity contribution >= 4 is 40.3 Å². The minimum absolute atomic E-state index is 0.202. The summed E-state index contributed by atoms with van der Waals surface area (Å²) >= 11 is 3.91. The Morgan fingerprint density at radius 2 is 2.29 bits per heavy atom. The standard InChI is InChI=1S/C10H11IO2S/c1-14-8-3-4-9(11)7(6-8)2-5-10(12)13/h3-4,6H,2,5H2,1H3,(H,12,13). The van der Waals surface area contributed by atoms with Crippen LogP contribution in [0.15, 0.2) is 23.1 Å². The number of carboxylic acids is 1. The van der Waals surface area contributed by atoms with Gasteiger partial charge in [-0.05, 0) is 59.0 Å². The lowest BCUT2D eigenvalue weighted by molar-refractivity contribution is -0.136. The Bertz CT molecular complexity index is 339. The maximum Gasteiger partial charge on any atom is 0.303 e. The van der Waals surface area contributed by atoms with Crippen molar-refractivity contribution in [1.82, 2.24) is 0 Å². The van der Waals surface area contributed by atoms with Crippen LogP contribution in [0.5, 0.6) is 0 Å². The molecule has 0 radical (unpaired) electrons. The molecule has 76 valence electrons. The molecule has 1 rings (SSSR count). The van der Waals surface area contributed by atoms with E-state index < -0.39 is 5.97 Å². The summed E-state index contributed by atoms with van der Waals surface area (Å²) in [7, 11) is 0. The lowest BCUT2D eigenvalue weighted by Gasteiger charge is -2.04. The van der Waals surface area contributed by atoms with E-state index in [4.69, 9.17) is 5.11 Å². The first-order chi connectivity index (χ1) is 6.63. The van der Waals surface area contributed by atoms with E-state index >= 15 is 0 Å². The van der Waals surface area contributed by atoms with E-state index in [1.54, 1.807) is 11.8 Å².